The van der Waals surface area contributed by atoms with Gasteiger partial charge < -0.3 is 11.1 Å². The zero-order valence-electron chi connectivity index (χ0n) is 15.5. The second-order valence-electron chi connectivity index (χ2n) is 7.58. The Balaban J connectivity index is 1.29. The standard InChI is InChI=1S/C19H27N7O/c20-10-16-4-3-15(26(16)12-13-1-2-13)9-18(27)22-11-17-23-19(25-24-17)14-5-7-21-8-6-14/h5-8,13,15-16H,1-4,9-12,20H2,(H,22,27)(H,23,24,25)/t15-,16+/m0/s1. The number of rotatable bonds is 8. The molecule has 27 heavy (non-hydrogen) atoms. The van der Waals surface area contributed by atoms with Crippen LogP contribution in [0.5, 0.6) is 0 Å². The van der Waals surface area contributed by atoms with Crippen molar-refractivity contribution < 1.29 is 4.79 Å². The fraction of sp³-hybridized carbons (Fsp3) is 0.579. The van der Waals surface area contributed by atoms with E-state index in [1.54, 1.807) is 12.4 Å². The number of amides is 1. The van der Waals surface area contributed by atoms with Crippen LogP contribution in [0.15, 0.2) is 24.5 Å². The van der Waals surface area contributed by atoms with Crippen LogP contribution in [0, 0.1) is 5.92 Å². The second-order valence-corrected chi connectivity index (χ2v) is 7.58. The lowest BCUT2D eigenvalue weighted by atomic mass is 10.1. The molecule has 3 heterocycles. The SMILES string of the molecule is NC[C@H]1CC[C@@H](CC(=O)NCc2nc(-c3ccncc3)n[nH]2)N1CC1CC1. The first-order valence-corrected chi connectivity index (χ1v) is 9.77. The number of aromatic nitrogens is 4. The molecule has 4 N–H and O–H groups in total. The van der Waals surface area contributed by atoms with E-state index in [9.17, 15) is 4.79 Å². The summed E-state index contributed by atoms with van der Waals surface area (Å²) in [6.45, 7) is 2.13. The van der Waals surface area contributed by atoms with Crippen LogP contribution >= 0.6 is 0 Å². The van der Waals surface area contributed by atoms with Gasteiger partial charge in [0.15, 0.2) is 5.82 Å². The van der Waals surface area contributed by atoms with Crippen molar-refractivity contribution in [2.45, 2.75) is 50.7 Å². The van der Waals surface area contributed by atoms with Crippen LogP contribution in [-0.2, 0) is 11.3 Å². The van der Waals surface area contributed by atoms with Gasteiger partial charge in [0, 0.05) is 49.6 Å². The highest BCUT2D eigenvalue weighted by atomic mass is 16.1. The number of hydrogen-bond donors (Lipinski definition) is 3. The van der Waals surface area contributed by atoms with Crippen molar-refractivity contribution in [2.24, 2.45) is 11.7 Å². The Kier molecular flexibility index (Phi) is 5.45. The zero-order valence-corrected chi connectivity index (χ0v) is 15.5. The van der Waals surface area contributed by atoms with Crippen LogP contribution in [0.2, 0.25) is 0 Å². The Labute approximate surface area is 159 Å². The minimum Gasteiger partial charge on any atom is -0.349 e. The first-order valence-electron chi connectivity index (χ1n) is 9.77. The highest BCUT2D eigenvalue weighted by molar-refractivity contribution is 5.76. The predicted octanol–water partition coefficient (Wildman–Crippen LogP) is 1.07. The summed E-state index contributed by atoms with van der Waals surface area (Å²) in [5.74, 6) is 2.12. The molecule has 2 aliphatic rings. The van der Waals surface area contributed by atoms with E-state index in [0.29, 0.717) is 43.2 Å². The van der Waals surface area contributed by atoms with Crippen molar-refractivity contribution in [3.63, 3.8) is 0 Å². The first-order chi connectivity index (χ1) is 13.2. The molecule has 0 aromatic carbocycles. The van der Waals surface area contributed by atoms with Gasteiger partial charge in [-0.15, -0.1) is 0 Å². The predicted molar refractivity (Wildman–Crippen MR) is 101 cm³/mol. The van der Waals surface area contributed by atoms with E-state index in [1.165, 1.54) is 12.8 Å². The van der Waals surface area contributed by atoms with Gasteiger partial charge in [-0.3, -0.25) is 19.8 Å². The van der Waals surface area contributed by atoms with Gasteiger partial charge in [-0.1, -0.05) is 0 Å². The lowest BCUT2D eigenvalue weighted by molar-refractivity contribution is -0.122. The molecular weight excluding hydrogens is 342 g/mol. The highest BCUT2D eigenvalue weighted by Crippen LogP contribution is 2.35. The zero-order chi connectivity index (χ0) is 18.6. The number of nitrogens with zero attached hydrogens (tertiary/aromatic N) is 4. The summed E-state index contributed by atoms with van der Waals surface area (Å²) in [5.41, 5.74) is 6.83. The van der Waals surface area contributed by atoms with Crippen LogP contribution in [0.3, 0.4) is 0 Å². The molecule has 0 radical (unpaired) electrons. The van der Waals surface area contributed by atoms with Crippen LogP contribution in [-0.4, -0.2) is 56.1 Å². The summed E-state index contributed by atoms with van der Waals surface area (Å²) < 4.78 is 0. The monoisotopic (exact) mass is 369 g/mol. The van der Waals surface area contributed by atoms with E-state index in [0.717, 1.165) is 30.9 Å². The van der Waals surface area contributed by atoms with E-state index in [-0.39, 0.29) is 5.91 Å². The third kappa shape index (κ3) is 4.51. The van der Waals surface area contributed by atoms with Gasteiger partial charge in [-0.25, -0.2) is 4.98 Å². The molecule has 4 rings (SSSR count). The molecule has 2 atom stereocenters. The molecule has 1 aliphatic carbocycles. The van der Waals surface area contributed by atoms with E-state index >= 15 is 0 Å². The number of aromatic amines is 1. The number of nitrogens with two attached hydrogens (primary N) is 1. The van der Waals surface area contributed by atoms with Gasteiger partial charge in [0.05, 0.1) is 6.54 Å². The van der Waals surface area contributed by atoms with Gasteiger partial charge in [0.1, 0.15) is 5.82 Å². The number of likely N-dealkylation sites (tertiary alicyclic amines) is 1. The van der Waals surface area contributed by atoms with Gasteiger partial charge in [-0.2, -0.15) is 5.10 Å². The summed E-state index contributed by atoms with van der Waals surface area (Å²) in [6.07, 6.45) is 8.72. The summed E-state index contributed by atoms with van der Waals surface area (Å²) in [5, 5.41) is 10.1. The van der Waals surface area contributed by atoms with Crippen molar-refractivity contribution in [2.75, 3.05) is 13.1 Å². The van der Waals surface area contributed by atoms with Crippen molar-refractivity contribution in [1.29, 1.82) is 0 Å². The molecule has 1 aliphatic heterocycles. The summed E-state index contributed by atoms with van der Waals surface area (Å²) in [6, 6.07) is 4.45. The van der Waals surface area contributed by atoms with E-state index in [4.69, 9.17) is 5.73 Å². The van der Waals surface area contributed by atoms with Gasteiger partial charge in [0.25, 0.3) is 0 Å². The topological polar surface area (TPSA) is 113 Å². The molecule has 0 spiro atoms. The minimum absolute atomic E-state index is 0.0559. The average Bonchev–Trinajstić information content (AvgIpc) is 3.25. The fourth-order valence-corrected chi connectivity index (χ4v) is 3.86. The number of H-pyrrole nitrogens is 1. The molecule has 2 fully saturated rings. The van der Waals surface area contributed by atoms with Crippen molar-refractivity contribution in [3.8, 4) is 11.4 Å². The number of nitrogens with one attached hydrogen (secondary N) is 2. The number of carbonyl (C=O) groups is 1. The van der Waals surface area contributed by atoms with Gasteiger partial charge >= 0.3 is 0 Å². The van der Waals surface area contributed by atoms with E-state index < -0.39 is 0 Å². The number of carbonyl (C=O) groups excluding carboxylic acids is 1. The van der Waals surface area contributed by atoms with Crippen LogP contribution in [0.4, 0.5) is 0 Å². The quantitative estimate of drug-likeness (QED) is 0.642. The smallest absolute Gasteiger partial charge is 0.221 e. The number of hydrogen-bond acceptors (Lipinski definition) is 6. The molecular formula is C19H27N7O. The van der Waals surface area contributed by atoms with Crippen LogP contribution in [0.1, 0.15) is 37.9 Å². The largest absolute Gasteiger partial charge is 0.349 e. The summed E-state index contributed by atoms with van der Waals surface area (Å²) >= 11 is 0. The molecule has 144 valence electrons. The molecule has 1 saturated heterocycles. The van der Waals surface area contributed by atoms with Gasteiger partial charge in [-0.05, 0) is 43.7 Å². The Bertz CT molecular complexity index is 758. The maximum Gasteiger partial charge on any atom is 0.221 e. The maximum atomic E-state index is 12.5. The molecule has 1 amide bonds. The number of pyridine rings is 1. The molecule has 0 unspecified atom stereocenters. The average molecular weight is 369 g/mol. The molecule has 2 aromatic heterocycles. The Hall–Kier alpha value is -2.32. The first kappa shape index (κ1) is 18.1. The summed E-state index contributed by atoms with van der Waals surface area (Å²) in [4.78, 5) is 23.4. The lowest BCUT2D eigenvalue weighted by Crippen LogP contribution is -2.43. The third-order valence-electron chi connectivity index (χ3n) is 5.55. The van der Waals surface area contributed by atoms with Crippen molar-refractivity contribution in [1.82, 2.24) is 30.4 Å². The fourth-order valence-electron chi connectivity index (χ4n) is 3.86. The maximum absolute atomic E-state index is 12.5. The third-order valence-corrected chi connectivity index (χ3v) is 5.55. The van der Waals surface area contributed by atoms with E-state index in [2.05, 4.69) is 30.4 Å². The van der Waals surface area contributed by atoms with Crippen LogP contribution in [0.25, 0.3) is 11.4 Å². The molecule has 8 heteroatoms. The highest BCUT2D eigenvalue weighted by Gasteiger charge is 2.37. The van der Waals surface area contributed by atoms with Crippen LogP contribution < -0.4 is 11.1 Å². The van der Waals surface area contributed by atoms with Crippen molar-refractivity contribution in [3.05, 3.63) is 30.4 Å². The Morgan fingerprint density at radius 2 is 2.00 bits per heavy atom. The van der Waals surface area contributed by atoms with Gasteiger partial charge in [0.2, 0.25) is 5.91 Å². The Morgan fingerprint density at radius 1 is 1.22 bits per heavy atom. The van der Waals surface area contributed by atoms with E-state index in [1.807, 2.05) is 12.1 Å². The summed E-state index contributed by atoms with van der Waals surface area (Å²) in [7, 11) is 0. The molecule has 8 nitrogen and oxygen atoms in total. The molecule has 0 bridgehead atoms. The second kappa shape index (κ2) is 8.14. The minimum atomic E-state index is 0.0559. The lowest BCUT2D eigenvalue weighted by Gasteiger charge is -2.29. The normalized spacial score (nSPS) is 22.9. The Morgan fingerprint density at radius 3 is 2.74 bits per heavy atom. The molecule has 2 aromatic rings. The van der Waals surface area contributed by atoms with Crippen molar-refractivity contribution >= 4 is 5.91 Å². The molecule has 1 saturated carbocycles.